The summed E-state index contributed by atoms with van der Waals surface area (Å²) in [5, 5.41) is 0. The minimum Gasteiger partial charge on any atom is -0.329 e. The summed E-state index contributed by atoms with van der Waals surface area (Å²) in [4.78, 5) is 12.9. The number of imidazole rings is 1. The second-order valence-electron chi connectivity index (χ2n) is 4.59. The smallest absolute Gasteiger partial charge is 0.112 e. The molecular formula is C13H16N4. The molecule has 1 saturated carbocycles. The van der Waals surface area contributed by atoms with E-state index >= 15 is 0 Å². The number of hydrogen-bond donors (Lipinski definition) is 0. The zero-order valence-corrected chi connectivity index (χ0v) is 9.79. The van der Waals surface area contributed by atoms with Gasteiger partial charge < -0.3 is 4.57 Å². The minimum atomic E-state index is 0.640. The molecule has 0 unspecified atom stereocenters. The van der Waals surface area contributed by atoms with E-state index in [0.717, 1.165) is 12.2 Å². The van der Waals surface area contributed by atoms with Gasteiger partial charge in [0.25, 0.3) is 0 Å². The lowest BCUT2D eigenvalue weighted by atomic mass is 10.1. The molecule has 0 N–H and O–H groups in total. The van der Waals surface area contributed by atoms with E-state index in [9.17, 15) is 0 Å². The van der Waals surface area contributed by atoms with E-state index in [0.29, 0.717) is 5.92 Å². The van der Waals surface area contributed by atoms with Gasteiger partial charge in [0.15, 0.2) is 0 Å². The Hall–Kier alpha value is -1.71. The van der Waals surface area contributed by atoms with Crippen LogP contribution in [-0.4, -0.2) is 19.5 Å². The molecule has 88 valence electrons. The van der Waals surface area contributed by atoms with Crippen LogP contribution >= 0.6 is 0 Å². The summed E-state index contributed by atoms with van der Waals surface area (Å²) < 4.78 is 2.21. The van der Waals surface area contributed by atoms with E-state index in [1.165, 1.54) is 31.5 Å². The third-order valence-electron chi connectivity index (χ3n) is 3.42. The maximum atomic E-state index is 4.51. The van der Waals surface area contributed by atoms with Gasteiger partial charge in [-0.15, -0.1) is 0 Å². The van der Waals surface area contributed by atoms with Crippen LogP contribution in [0.15, 0.2) is 31.0 Å². The van der Waals surface area contributed by atoms with Gasteiger partial charge in [-0.25, -0.2) is 4.98 Å². The summed E-state index contributed by atoms with van der Waals surface area (Å²) in [6.45, 7) is 0.777. The fraction of sp³-hybridized carbons (Fsp3) is 0.462. The Morgan fingerprint density at radius 2 is 2.00 bits per heavy atom. The van der Waals surface area contributed by atoms with E-state index in [1.807, 2.05) is 18.6 Å². The molecule has 1 aliphatic carbocycles. The predicted octanol–water partition coefficient (Wildman–Crippen LogP) is 2.38. The largest absolute Gasteiger partial charge is 0.329 e. The molecule has 4 heteroatoms. The molecule has 0 aromatic carbocycles. The third-order valence-corrected chi connectivity index (χ3v) is 3.42. The SMILES string of the molecule is c1cnc(Cn2ccnc2C2CCCC2)cn1. The van der Waals surface area contributed by atoms with Crippen molar-refractivity contribution in [2.45, 2.75) is 38.1 Å². The van der Waals surface area contributed by atoms with E-state index in [1.54, 1.807) is 12.4 Å². The van der Waals surface area contributed by atoms with Gasteiger partial charge in [0, 0.05) is 30.7 Å². The molecule has 0 bridgehead atoms. The first kappa shape index (κ1) is 10.4. The quantitative estimate of drug-likeness (QED) is 0.810. The average Bonchev–Trinajstić information content (AvgIpc) is 3.00. The van der Waals surface area contributed by atoms with Gasteiger partial charge in [0.05, 0.1) is 18.4 Å². The zero-order chi connectivity index (χ0) is 11.5. The molecule has 2 aromatic rings. The monoisotopic (exact) mass is 228 g/mol. The van der Waals surface area contributed by atoms with Crippen LogP contribution in [0.3, 0.4) is 0 Å². The molecule has 1 fully saturated rings. The molecule has 0 aliphatic heterocycles. The highest BCUT2D eigenvalue weighted by molar-refractivity contribution is 5.06. The molecule has 0 saturated heterocycles. The molecular weight excluding hydrogens is 212 g/mol. The standard InChI is InChI=1S/C13H16N4/c1-2-4-11(3-1)13-16-7-8-17(13)10-12-9-14-5-6-15-12/h5-9,11H,1-4,10H2. The second kappa shape index (κ2) is 4.65. The third kappa shape index (κ3) is 2.20. The van der Waals surface area contributed by atoms with Crippen molar-refractivity contribution in [1.29, 1.82) is 0 Å². The highest BCUT2D eigenvalue weighted by Crippen LogP contribution is 2.33. The van der Waals surface area contributed by atoms with Gasteiger partial charge in [0.1, 0.15) is 5.82 Å². The first-order valence-electron chi connectivity index (χ1n) is 6.19. The zero-order valence-electron chi connectivity index (χ0n) is 9.79. The summed E-state index contributed by atoms with van der Waals surface area (Å²) in [6.07, 6.45) is 14.4. The van der Waals surface area contributed by atoms with Crippen molar-refractivity contribution in [3.63, 3.8) is 0 Å². The summed E-state index contributed by atoms with van der Waals surface area (Å²) in [7, 11) is 0. The molecule has 17 heavy (non-hydrogen) atoms. The van der Waals surface area contributed by atoms with E-state index in [2.05, 4.69) is 19.5 Å². The van der Waals surface area contributed by atoms with Crippen molar-refractivity contribution in [3.8, 4) is 0 Å². The first-order valence-corrected chi connectivity index (χ1v) is 6.19. The van der Waals surface area contributed by atoms with Crippen molar-refractivity contribution in [2.24, 2.45) is 0 Å². The lowest BCUT2D eigenvalue weighted by molar-refractivity contribution is 0.605. The summed E-state index contributed by atoms with van der Waals surface area (Å²) in [5.41, 5.74) is 0.991. The Balaban J connectivity index is 1.81. The normalized spacial score (nSPS) is 16.5. The molecule has 0 atom stereocenters. The van der Waals surface area contributed by atoms with Crippen molar-refractivity contribution in [1.82, 2.24) is 19.5 Å². The number of rotatable bonds is 3. The Kier molecular flexibility index (Phi) is 2.86. The number of aromatic nitrogens is 4. The van der Waals surface area contributed by atoms with Crippen LogP contribution in [0.1, 0.15) is 43.1 Å². The van der Waals surface area contributed by atoms with Gasteiger partial charge in [0.2, 0.25) is 0 Å². The average molecular weight is 228 g/mol. The molecule has 0 spiro atoms. The Morgan fingerprint density at radius 3 is 2.76 bits per heavy atom. The summed E-state index contributed by atoms with van der Waals surface area (Å²) in [5.74, 6) is 1.86. The molecule has 2 aromatic heterocycles. The molecule has 2 heterocycles. The Morgan fingerprint density at radius 1 is 1.12 bits per heavy atom. The lowest BCUT2D eigenvalue weighted by Gasteiger charge is -2.12. The molecule has 4 nitrogen and oxygen atoms in total. The summed E-state index contributed by atoms with van der Waals surface area (Å²) in [6, 6.07) is 0. The Bertz CT molecular complexity index is 471. The van der Waals surface area contributed by atoms with Crippen LogP contribution in [0.4, 0.5) is 0 Å². The number of hydrogen-bond acceptors (Lipinski definition) is 3. The maximum absolute atomic E-state index is 4.51. The maximum Gasteiger partial charge on any atom is 0.112 e. The lowest BCUT2D eigenvalue weighted by Crippen LogP contribution is -2.08. The first-order chi connectivity index (χ1) is 8.43. The van der Waals surface area contributed by atoms with Crippen LogP contribution < -0.4 is 0 Å². The Labute approximate surface area is 101 Å². The van der Waals surface area contributed by atoms with Crippen LogP contribution in [0.2, 0.25) is 0 Å². The minimum absolute atomic E-state index is 0.640. The highest BCUT2D eigenvalue weighted by Gasteiger charge is 2.21. The van der Waals surface area contributed by atoms with Crippen molar-refractivity contribution in [2.75, 3.05) is 0 Å². The van der Waals surface area contributed by atoms with E-state index < -0.39 is 0 Å². The predicted molar refractivity (Wildman–Crippen MR) is 64.6 cm³/mol. The van der Waals surface area contributed by atoms with Crippen molar-refractivity contribution < 1.29 is 0 Å². The van der Waals surface area contributed by atoms with Crippen molar-refractivity contribution >= 4 is 0 Å². The molecule has 0 radical (unpaired) electrons. The second-order valence-corrected chi connectivity index (χ2v) is 4.59. The van der Waals surface area contributed by atoms with Crippen LogP contribution in [-0.2, 0) is 6.54 Å². The number of nitrogens with zero attached hydrogens (tertiary/aromatic N) is 4. The molecule has 0 amide bonds. The van der Waals surface area contributed by atoms with Gasteiger partial charge >= 0.3 is 0 Å². The fourth-order valence-electron chi connectivity index (χ4n) is 2.58. The van der Waals surface area contributed by atoms with Crippen molar-refractivity contribution in [3.05, 3.63) is 42.5 Å². The van der Waals surface area contributed by atoms with Crippen LogP contribution in [0.5, 0.6) is 0 Å². The van der Waals surface area contributed by atoms with E-state index in [4.69, 9.17) is 0 Å². The van der Waals surface area contributed by atoms with Crippen LogP contribution in [0, 0.1) is 0 Å². The van der Waals surface area contributed by atoms with E-state index in [-0.39, 0.29) is 0 Å². The van der Waals surface area contributed by atoms with Crippen LogP contribution in [0.25, 0.3) is 0 Å². The van der Waals surface area contributed by atoms with Gasteiger partial charge in [-0.05, 0) is 12.8 Å². The summed E-state index contributed by atoms with van der Waals surface area (Å²) >= 11 is 0. The molecule has 3 rings (SSSR count). The highest BCUT2D eigenvalue weighted by atomic mass is 15.1. The molecule has 1 aliphatic rings. The van der Waals surface area contributed by atoms with Gasteiger partial charge in [-0.3, -0.25) is 9.97 Å². The topological polar surface area (TPSA) is 43.6 Å². The van der Waals surface area contributed by atoms with Gasteiger partial charge in [-0.2, -0.15) is 0 Å². The van der Waals surface area contributed by atoms with Gasteiger partial charge in [-0.1, -0.05) is 12.8 Å². The fourth-order valence-corrected chi connectivity index (χ4v) is 2.58.